The first-order valence-electron chi connectivity index (χ1n) is 3.56. The van der Waals surface area contributed by atoms with Crippen LogP contribution in [0.2, 0.25) is 0 Å². The molecule has 0 fully saturated rings. The van der Waals surface area contributed by atoms with Crippen LogP contribution in [0.25, 0.3) is 0 Å². The maximum atomic E-state index is 10.7. The molecule has 0 aliphatic heterocycles. The summed E-state index contributed by atoms with van der Waals surface area (Å²) >= 11 is 2.43. The van der Waals surface area contributed by atoms with Gasteiger partial charge in [-0.25, -0.2) is 0 Å². The molecule has 0 bridgehead atoms. The Bertz CT molecular complexity index is 332. The van der Waals surface area contributed by atoms with Crippen molar-refractivity contribution in [3.05, 3.63) is 28.8 Å². The monoisotopic (exact) mass is 224 g/mol. The van der Waals surface area contributed by atoms with Gasteiger partial charge in [0.15, 0.2) is 0 Å². The van der Waals surface area contributed by atoms with Crippen LogP contribution < -0.4 is 4.35 Å². The fourth-order valence-corrected chi connectivity index (χ4v) is 1.55. The van der Waals surface area contributed by atoms with Crippen molar-refractivity contribution >= 4 is 27.2 Å². The van der Waals surface area contributed by atoms with Gasteiger partial charge < -0.3 is 0 Å². The molecule has 0 saturated carbocycles. The molecule has 12 heavy (non-hydrogen) atoms. The molecular formula is C9H9AsO2. The molecule has 0 aliphatic carbocycles. The van der Waals surface area contributed by atoms with Gasteiger partial charge in [0.1, 0.15) is 0 Å². The van der Waals surface area contributed by atoms with Gasteiger partial charge in [-0.3, -0.25) is 0 Å². The van der Waals surface area contributed by atoms with Gasteiger partial charge in [0.05, 0.1) is 0 Å². The molecule has 0 unspecified atom stereocenters. The Morgan fingerprint density at radius 3 is 2.42 bits per heavy atom. The molecule has 1 N–H and O–H groups in total. The van der Waals surface area contributed by atoms with Crippen LogP contribution in [-0.4, -0.2) is 27.9 Å². The third-order valence-electron chi connectivity index (χ3n) is 1.99. The van der Waals surface area contributed by atoms with E-state index in [4.69, 9.17) is 5.11 Å². The standard InChI is InChI=1S/C9H9AsO2/c1-5-6(2)8(10)4-3-7(5)9(11)12/h3-4H,1-2H3,(H,11,12). The van der Waals surface area contributed by atoms with Gasteiger partial charge in [0.2, 0.25) is 0 Å². The summed E-state index contributed by atoms with van der Waals surface area (Å²) < 4.78 is 1.07. The average molecular weight is 224 g/mol. The van der Waals surface area contributed by atoms with Crippen LogP contribution in [0.5, 0.6) is 0 Å². The van der Waals surface area contributed by atoms with Crippen molar-refractivity contribution in [3.8, 4) is 0 Å². The van der Waals surface area contributed by atoms with E-state index in [1.54, 1.807) is 6.07 Å². The maximum absolute atomic E-state index is 10.7. The van der Waals surface area contributed by atoms with Crippen molar-refractivity contribution in [1.29, 1.82) is 0 Å². The zero-order valence-corrected chi connectivity index (χ0v) is 8.83. The number of benzene rings is 1. The number of carboxylic acids is 1. The van der Waals surface area contributed by atoms with Crippen molar-refractivity contribution in [2.75, 3.05) is 0 Å². The molecule has 1 rings (SSSR count). The molecule has 1 aromatic rings. The fraction of sp³-hybridized carbons (Fsp3) is 0.222. The molecule has 0 atom stereocenters. The Morgan fingerprint density at radius 2 is 1.92 bits per heavy atom. The molecular weight excluding hydrogens is 215 g/mol. The van der Waals surface area contributed by atoms with Crippen LogP contribution in [0.4, 0.5) is 0 Å². The third kappa shape index (κ3) is 1.53. The van der Waals surface area contributed by atoms with Crippen LogP contribution in [-0.2, 0) is 0 Å². The summed E-state index contributed by atoms with van der Waals surface area (Å²) in [6.07, 6.45) is 0. The first-order valence-corrected chi connectivity index (χ1v) is 4.50. The number of aromatic carboxylic acids is 1. The zero-order chi connectivity index (χ0) is 9.30. The van der Waals surface area contributed by atoms with Crippen LogP contribution in [0.1, 0.15) is 21.5 Å². The number of carboxylic acid groups (broad SMARTS) is 1. The van der Waals surface area contributed by atoms with E-state index in [0.717, 1.165) is 15.5 Å². The van der Waals surface area contributed by atoms with Gasteiger partial charge in [0, 0.05) is 0 Å². The second-order valence-corrected chi connectivity index (χ2v) is 3.70. The van der Waals surface area contributed by atoms with E-state index in [0.29, 0.717) is 5.56 Å². The van der Waals surface area contributed by atoms with Crippen molar-refractivity contribution < 1.29 is 9.90 Å². The van der Waals surface area contributed by atoms with Gasteiger partial charge in [-0.15, -0.1) is 0 Å². The summed E-state index contributed by atoms with van der Waals surface area (Å²) in [7, 11) is 0. The molecule has 62 valence electrons. The number of carbonyl (C=O) groups is 1. The summed E-state index contributed by atoms with van der Waals surface area (Å²) in [5.74, 6) is -0.858. The molecule has 2 nitrogen and oxygen atoms in total. The van der Waals surface area contributed by atoms with Crippen LogP contribution >= 0.6 is 0 Å². The quantitative estimate of drug-likeness (QED) is 0.716. The van der Waals surface area contributed by atoms with E-state index in [9.17, 15) is 4.79 Å². The second-order valence-electron chi connectivity index (χ2n) is 2.69. The van der Waals surface area contributed by atoms with Gasteiger partial charge >= 0.3 is 79.7 Å². The number of hydrogen-bond acceptors (Lipinski definition) is 1. The van der Waals surface area contributed by atoms with Crippen molar-refractivity contribution in [3.63, 3.8) is 0 Å². The summed E-state index contributed by atoms with van der Waals surface area (Å²) in [6.45, 7) is 3.76. The SMILES string of the molecule is Cc1c([As])ccc(C(=O)O)c1C. The molecule has 0 amide bonds. The minimum absolute atomic E-state index is 0.391. The summed E-state index contributed by atoms with van der Waals surface area (Å²) in [5, 5.41) is 8.78. The van der Waals surface area contributed by atoms with Gasteiger partial charge in [-0.05, 0) is 0 Å². The third-order valence-corrected chi connectivity index (χ3v) is 3.01. The minimum atomic E-state index is -0.858. The van der Waals surface area contributed by atoms with Crippen molar-refractivity contribution in [2.45, 2.75) is 13.8 Å². The van der Waals surface area contributed by atoms with E-state index in [2.05, 4.69) is 16.9 Å². The van der Waals surface area contributed by atoms with Gasteiger partial charge in [-0.2, -0.15) is 0 Å². The molecule has 2 radical (unpaired) electrons. The molecule has 0 aliphatic rings. The first-order chi connectivity index (χ1) is 5.54. The Morgan fingerprint density at radius 1 is 1.33 bits per heavy atom. The first kappa shape index (κ1) is 9.34. The summed E-state index contributed by atoms with van der Waals surface area (Å²) in [4.78, 5) is 10.7. The molecule has 3 heteroatoms. The van der Waals surface area contributed by atoms with Gasteiger partial charge in [0.25, 0.3) is 0 Å². The topological polar surface area (TPSA) is 37.3 Å². The zero-order valence-electron chi connectivity index (χ0n) is 6.96. The van der Waals surface area contributed by atoms with E-state index in [1.165, 1.54) is 0 Å². The van der Waals surface area contributed by atoms with Crippen molar-refractivity contribution in [2.24, 2.45) is 0 Å². The molecule has 1 aromatic carbocycles. The second kappa shape index (κ2) is 3.32. The summed E-state index contributed by atoms with van der Waals surface area (Å²) in [5.41, 5.74) is 2.28. The number of rotatable bonds is 1. The fourth-order valence-electron chi connectivity index (χ4n) is 1.04. The number of hydrogen-bond donors (Lipinski definition) is 1. The Hall–Kier alpha value is -0.752. The van der Waals surface area contributed by atoms with Gasteiger partial charge in [-0.1, -0.05) is 0 Å². The average Bonchev–Trinajstić information content (AvgIpc) is 2.00. The predicted octanol–water partition coefficient (Wildman–Crippen LogP) is 0.795. The van der Waals surface area contributed by atoms with Crippen molar-refractivity contribution in [1.82, 2.24) is 0 Å². The Labute approximate surface area is 80.1 Å². The van der Waals surface area contributed by atoms with E-state index in [-0.39, 0.29) is 0 Å². The molecule has 0 spiro atoms. The van der Waals surface area contributed by atoms with E-state index < -0.39 is 5.97 Å². The molecule has 0 aromatic heterocycles. The molecule has 0 saturated heterocycles. The molecule has 0 heterocycles. The summed E-state index contributed by atoms with van der Waals surface area (Å²) in [6, 6.07) is 3.45. The van der Waals surface area contributed by atoms with Crippen LogP contribution in [0.15, 0.2) is 12.1 Å². The predicted molar refractivity (Wildman–Crippen MR) is 48.3 cm³/mol. The Kier molecular flexibility index (Phi) is 2.58. The van der Waals surface area contributed by atoms with Crippen LogP contribution in [0, 0.1) is 13.8 Å². The van der Waals surface area contributed by atoms with Crippen LogP contribution in [0.3, 0.4) is 0 Å². The van der Waals surface area contributed by atoms with E-state index in [1.807, 2.05) is 19.9 Å². The Balaban J connectivity index is 3.36. The van der Waals surface area contributed by atoms with E-state index >= 15 is 0 Å². The normalized spacial score (nSPS) is 9.92.